The van der Waals surface area contributed by atoms with Gasteiger partial charge in [0.05, 0.1) is 0 Å². The fourth-order valence-electron chi connectivity index (χ4n) is 2.16. The first-order valence-electron chi connectivity index (χ1n) is 8.48. The van der Waals surface area contributed by atoms with Gasteiger partial charge in [0.2, 0.25) is 5.13 Å². The van der Waals surface area contributed by atoms with Gasteiger partial charge < -0.3 is 5.32 Å². The Bertz CT molecular complexity index is 869. The molecule has 2 rings (SSSR count). The van der Waals surface area contributed by atoms with Crippen molar-refractivity contribution >= 4 is 39.8 Å². The van der Waals surface area contributed by atoms with E-state index in [1.54, 1.807) is 31.2 Å². The zero-order valence-electron chi connectivity index (χ0n) is 15.7. The summed E-state index contributed by atoms with van der Waals surface area (Å²) in [5.74, 6) is -0.439. The van der Waals surface area contributed by atoms with Crippen LogP contribution in [0.2, 0.25) is 0 Å². The Morgan fingerprint density at radius 3 is 2.33 bits per heavy atom. The van der Waals surface area contributed by atoms with Crippen LogP contribution >= 0.6 is 11.3 Å². The molecule has 2 amide bonds. The monoisotopic (exact) mass is 386 g/mol. The lowest BCUT2D eigenvalue weighted by molar-refractivity contribution is -0.114. The number of benzene rings is 1. The van der Waals surface area contributed by atoms with E-state index in [2.05, 4.69) is 34.7 Å². The van der Waals surface area contributed by atoms with Crippen LogP contribution < -0.4 is 10.6 Å². The highest BCUT2D eigenvalue weighted by Crippen LogP contribution is 2.18. The highest BCUT2D eigenvalue weighted by Gasteiger charge is 2.11. The van der Waals surface area contributed by atoms with Crippen molar-refractivity contribution in [1.29, 1.82) is 0 Å². The Balaban J connectivity index is 1.94. The molecule has 0 saturated carbocycles. The number of anilines is 2. The number of rotatable bonds is 7. The maximum atomic E-state index is 12.2. The highest BCUT2D eigenvalue weighted by atomic mass is 32.1. The Labute approximate surface area is 161 Å². The van der Waals surface area contributed by atoms with Gasteiger partial charge in [-0.05, 0) is 44.0 Å². The third kappa shape index (κ3) is 6.41. The molecule has 0 fully saturated rings. The molecule has 2 N–H and O–H groups in total. The van der Waals surface area contributed by atoms with Crippen molar-refractivity contribution in [2.75, 3.05) is 10.6 Å². The largest absolute Gasteiger partial charge is 0.322 e. The number of carbonyl (C=O) groups excluding carboxylic acids is 3. The number of nitrogens with zero attached hydrogens (tertiary/aromatic N) is 2. The van der Waals surface area contributed by atoms with Crippen LogP contribution in [0.15, 0.2) is 35.9 Å². The number of nitrogens with one attached hydrogen (secondary N) is 2. The molecular formula is C19H22N4O3S. The molecule has 0 radical (unpaired) electrons. The lowest BCUT2D eigenvalue weighted by Gasteiger charge is -2.06. The standard InChI is InChI=1S/C19H22N4O3S/c1-11(2)9-17-22-23-19(27-17)21-16(25)10-12(3)18(26)20-15-7-5-14(6-8-15)13(4)24/h5-8,10-11H,9H2,1-4H3,(H,20,26)(H,21,23,25)/b12-10-. The van der Waals surface area contributed by atoms with Crippen LogP contribution in [0.1, 0.15) is 43.1 Å². The summed E-state index contributed by atoms with van der Waals surface area (Å²) in [7, 11) is 0. The summed E-state index contributed by atoms with van der Waals surface area (Å²) in [4.78, 5) is 35.5. The summed E-state index contributed by atoms with van der Waals surface area (Å²) in [6.07, 6.45) is 2.01. The molecule has 1 heterocycles. The van der Waals surface area contributed by atoms with E-state index in [9.17, 15) is 14.4 Å². The quantitative estimate of drug-likeness (QED) is 0.560. The number of hydrogen-bond acceptors (Lipinski definition) is 6. The van der Waals surface area contributed by atoms with E-state index in [0.717, 1.165) is 11.4 Å². The first kappa shape index (κ1) is 20.4. The lowest BCUT2D eigenvalue weighted by atomic mass is 10.1. The maximum absolute atomic E-state index is 12.2. The minimum Gasteiger partial charge on any atom is -0.322 e. The molecule has 0 unspecified atom stereocenters. The SMILES string of the molecule is CC(=O)c1ccc(NC(=O)/C(C)=C\C(=O)Nc2nnc(CC(C)C)s2)cc1. The zero-order chi connectivity index (χ0) is 20.0. The lowest BCUT2D eigenvalue weighted by Crippen LogP contribution is -2.16. The fraction of sp³-hybridized carbons (Fsp3) is 0.316. The van der Waals surface area contributed by atoms with Gasteiger partial charge in [0.25, 0.3) is 11.8 Å². The third-order valence-electron chi connectivity index (χ3n) is 3.53. The molecule has 1 aromatic heterocycles. The predicted molar refractivity (Wildman–Crippen MR) is 106 cm³/mol. The fourth-order valence-corrected chi connectivity index (χ4v) is 3.11. The average molecular weight is 386 g/mol. The summed E-state index contributed by atoms with van der Waals surface area (Å²) < 4.78 is 0. The number of amides is 2. The van der Waals surface area contributed by atoms with E-state index < -0.39 is 11.8 Å². The van der Waals surface area contributed by atoms with Gasteiger partial charge in [-0.25, -0.2) is 0 Å². The van der Waals surface area contributed by atoms with Crippen molar-refractivity contribution in [3.8, 4) is 0 Å². The summed E-state index contributed by atoms with van der Waals surface area (Å²) in [6, 6.07) is 6.54. The van der Waals surface area contributed by atoms with Crippen molar-refractivity contribution in [3.63, 3.8) is 0 Å². The first-order valence-corrected chi connectivity index (χ1v) is 9.30. The number of aromatic nitrogens is 2. The van der Waals surface area contributed by atoms with Crippen LogP contribution in [0.25, 0.3) is 0 Å². The minimum absolute atomic E-state index is 0.0474. The van der Waals surface area contributed by atoms with Crippen molar-refractivity contribution in [2.24, 2.45) is 5.92 Å². The first-order chi connectivity index (χ1) is 12.7. The van der Waals surface area contributed by atoms with Gasteiger partial charge >= 0.3 is 0 Å². The summed E-state index contributed by atoms with van der Waals surface area (Å²) >= 11 is 1.32. The molecule has 0 saturated heterocycles. The van der Waals surface area contributed by atoms with Crippen molar-refractivity contribution in [3.05, 3.63) is 46.5 Å². The van der Waals surface area contributed by atoms with E-state index >= 15 is 0 Å². The topological polar surface area (TPSA) is 101 Å². The van der Waals surface area contributed by atoms with Gasteiger partial charge in [0.1, 0.15) is 5.01 Å². The third-order valence-corrected chi connectivity index (χ3v) is 4.40. The molecule has 0 aliphatic heterocycles. The number of Topliss-reactive ketones (excluding diaryl/α,β-unsaturated/α-hetero) is 1. The van der Waals surface area contributed by atoms with Gasteiger partial charge in [0, 0.05) is 29.3 Å². The van der Waals surface area contributed by atoms with Crippen molar-refractivity contribution in [2.45, 2.75) is 34.1 Å². The van der Waals surface area contributed by atoms with E-state index in [0.29, 0.717) is 22.3 Å². The van der Waals surface area contributed by atoms with Crippen LogP contribution in [-0.2, 0) is 16.0 Å². The van der Waals surface area contributed by atoms with Gasteiger partial charge in [-0.2, -0.15) is 0 Å². The van der Waals surface area contributed by atoms with E-state index in [-0.39, 0.29) is 11.4 Å². The maximum Gasteiger partial charge on any atom is 0.251 e. The molecule has 0 aliphatic carbocycles. The number of hydrogen-bond donors (Lipinski definition) is 2. The second-order valence-corrected chi connectivity index (χ2v) is 7.57. The van der Waals surface area contributed by atoms with E-state index in [1.165, 1.54) is 24.3 Å². The Morgan fingerprint density at radius 1 is 1.07 bits per heavy atom. The summed E-state index contributed by atoms with van der Waals surface area (Å²) in [5.41, 5.74) is 1.35. The smallest absolute Gasteiger partial charge is 0.251 e. The van der Waals surface area contributed by atoms with Crippen molar-refractivity contribution < 1.29 is 14.4 Å². The zero-order valence-corrected chi connectivity index (χ0v) is 16.5. The molecule has 2 aromatic rings. The molecule has 0 spiro atoms. The molecule has 8 heteroatoms. The molecule has 142 valence electrons. The van der Waals surface area contributed by atoms with E-state index in [4.69, 9.17) is 0 Å². The van der Waals surface area contributed by atoms with Gasteiger partial charge in [0.15, 0.2) is 5.78 Å². The minimum atomic E-state index is -0.443. The van der Waals surface area contributed by atoms with Crippen LogP contribution in [0.3, 0.4) is 0 Å². The van der Waals surface area contributed by atoms with Crippen LogP contribution in [0.4, 0.5) is 10.8 Å². The normalized spacial score (nSPS) is 11.4. The molecule has 1 aromatic carbocycles. The molecule has 7 nitrogen and oxygen atoms in total. The predicted octanol–water partition coefficient (Wildman–Crippen LogP) is 3.46. The Hall–Kier alpha value is -2.87. The van der Waals surface area contributed by atoms with Crippen LogP contribution in [-0.4, -0.2) is 27.8 Å². The molecule has 0 bridgehead atoms. The average Bonchev–Trinajstić information content (AvgIpc) is 3.01. The van der Waals surface area contributed by atoms with Gasteiger partial charge in [-0.1, -0.05) is 25.2 Å². The van der Waals surface area contributed by atoms with Crippen LogP contribution in [0, 0.1) is 5.92 Å². The Morgan fingerprint density at radius 2 is 1.74 bits per heavy atom. The molecular weight excluding hydrogens is 364 g/mol. The molecule has 0 atom stereocenters. The van der Waals surface area contributed by atoms with Crippen molar-refractivity contribution in [1.82, 2.24) is 10.2 Å². The molecule has 0 aliphatic rings. The summed E-state index contributed by atoms with van der Waals surface area (Å²) in [5, 5.41) is 14.5. The van der Waals surface area contributed by atoms with Crippen LogP contribution in [0.5, 0.6) is 0 Å². The highest BCUT2D eigenvalue weighted by molar-refractivity contribution is 7.15. The second kappa shape index (κ2) is 9.18. The second-order valence-electron chi connectivity index (χ2n) is 6.50. The Kier molecular flexibility index (Phi) is 6.95. The molecule has 27 heavy (non-hydrogen) atoms. The van der Waals surface area contributed by atoms with Gasteiger partial charge in [-0.15, -0.1) is 10.2 Å². The number of carbonyl (C=O) groups is 3. The van der Waals surface area contributed by atoms with E-state index in [1.807, 2.05) is 0 Å². The van der Waals surface area contributed by atoms with Gasteiger partial charge in [-0.3, -0.25) is 19.7 Å². The summed E-state index contributed by atoms with van der Waals surface area (Å²) in [6.45, 7) is 7.18. The number of ketones is 1.